The molecule has 25 heavy (non-hydrogen) atoms. The molecule has 0 spiro atoms. The van der Waals surface area contributed by atoms with Crippen LogP contribution in [0.2, 0.25) is 0 Å². The standard InChI is InChI=1S/C18H21N3O2S.ClH/c1-11(20-18(23)16-6-3-9-24-16)17(22)21-15-5-2-4-12-10-13(19)7-8-14(12)15;/h3,6-11,15H,2,4-5,19H2,1H3,(H,20,23)(H,21,22);1H. The minimum atomic E-state index is -0.584. The molecule has 3 rings (SSSR count). The van der Waals surface area contributed by atoms with Crippen LogP contribution in [-0.4, -0.2) is 17.9 Å². The number of aryl methyl sites for hydroxylation is 1. The molecular formula is C18H22ClN3O2S. The molecule has 7 heteroatoms. The summed E-state index contributed by atoms with van der Waals surface area (Å²) in [6, 6.07) is 8.79. The third-order valence-corrected chi connectivity index (χ3v) is 5.15. The van der Waals surface area contributed by atoms with E-state index in [-0.39, 0.29) is 30.3 Å². The van der Waals surface area contributed by atoms with Crippen molar-refractivity contribution in [3.05, 3.63) is 51.7 Å². The number of rotatable bonds is 4. The van der Waals surface area contributed by atoms with Gasteiger partial charge in [0.2, 0.25) is 5.91 Å². The third kappa shape index (κ3) is 4.52. The van der Waals surface area contributed by atoms with Gasteiger partial charge in [0.15, 0.2) is 0 Å². The zero-order valence-electron chi connectivity index (χ0n) is 14.0. The normalized spacial score (nSPS) is 16.9. The van der Waals surface area contributed by atoms with E-state index >= 15 is 0 Å². The number of nitrogens with one attached hydrogen (secondary N) is 2. The molecule has 5 nitrogen and oxygen atoms in total. The molecule has 1 aliphatic carbocycles. The second-order valence-corrected chi connectivity index (χ2v) is 7.03. The second kappa shape index (κ2) is 8.36. The van der Waals surface area contributed by atoms with Gasteiger partial charge in [-0.1, -0.05) is 12.1 Å². The molecule has 2 aromatic rings. The van der Waals surface area contributed by atoms with Crippen molar-refractivity contribution in [1.29, 1.82) is 0 Å². The topological polar surface area (TPSA) is 84.2 Å². The number of fused-ring (bicyclic) bond motifs is 1. The van der Waals surface area contributed by atoms with E-state index in [0.717, 1.165) is 30.5 Å². The first kappa shape index (κ1) is 19.3. The second-order valence-electron chi connectivity index (χ2n) is 6.08. The number of carbonyl (C=O) groups is 2. The van der Waals surface area contributed by atoms with Gasteiger partial charge >= 0.3 is 0 Å². The molecule has 0 radical (unpaired) electrons. The molecule has 0 fully saturated rings. The molecule has 0 aliphatic heterocycles. The largest absolute Gasteiger partial charge is 0.399 e. The van der Waals surface area contributed by atoms with E-state index in [4.69, 9.17) is 5.73 Å². The SMILES string of the molecule is CC(NC(=O)c1cccs1)C(=O)NC1CCCc2cc(N)ccc21.Cl. The first-order valence-electron chi connectivity index (χ1n) is 8.07. The van der Waals surface area contributed by atoms with E-state index in [1.54, 1.807) is 13.0 Å². The van der Waals surface area contributed by atoms with Crippen LogP contribution in [0.5, 0.6) is 0 Å². The van der Waals surface area contributed by atoms with Gasteiger partial charge in [-0.15, -0.1) is 23.7 Å². The van der Waals surface area contributed by atoms with Crippen LogP contribution >= 0.6 is 23.7 Å². The Hall–Kier alpha value is -2.05. The van der Waals surface area contributed by atoms with Crippen LogP contribution in [0.1, 0.15) is 46.6 Å². The number of anilines is 1. The van der Waals surface area contributed by atoms with E-state index in [2.05, 4.69) is 10.6 Å². The lowest BCUT2D eigenvalue weighted by Crippen LogP contribution is -2.46. The van der Waals surface area contributed by atoms with Gasteiger partial charge in [0, 0.05) is 5.69 Å². The average Bonchev–Trinajstić information content (AvgIpc) is 3.09. The molecule has 1 aromatic carbocycles. The summed E-state index contributed by atoms with van der Waals surface area (Å²) in [7, 11) is 0. The lowest BCUT2D eigenvalue weighted by molar-refractivity contribution is -0.123. The zero-order chi connectivity index (χ0) is 17.1. The van der Waals surface area contributed by atoms with Crippen LogP contribution in [-0.2, 0) is 11.2 Å². The van der Waals surface area contributed by atoms with Crippen molar-refractivity contribution >= 4 is 41.2 Å². The number of hydrogen-bond donors (Lipinski definition) is 3. The predicted octanol–water partition coefficient (Wildman–Crippen LogP) is 3.06. The van der Waals surface area contributed by atoms with Crippen molar-refractivity contribution in [2.24, 2.45) is 0 Å². The number of halogens is 1. The van der Waals surface area contributed by atoms with Crippen LogP contribution in [0.15, 0.2) is 35.7 Å². The van der Waals surface area contributed by atoms with Crippen molar-refractivity contribution < 1.29 is 9.59 Å². The van der Waals surface area contributed by atoms with Crippen molar-refractivity contribution in [2.45, 2.75) is 38.3 Å². The Kier molecular flexibility index (Phi) is 6.45. The van der Waals surface area contributed by atoms with E-state index in [0.29, 0.717) is 4.88 Å². The van der Waals surface area contributed by atoms with Crippen LogP contribution in [0.25, 0.3) is 0 Å². The highest BCUT2D eigenvalue weighted by Gasteiger charge is 2.25. The summed E-state index contributed by atoms with van der Waals surface area (Å²) in [5, 5.41) is 7.64. The Balaban J connectivity index is 0.00000225. The zero-order valence-corrected chi connectivity index (χ0v) is 15.6. The number of carbonyl (C=O) groups excluding carboxylic acids is 2. The fraction of sp³-hybridized carbons (Fsp3) is 0.333. The van der Waals surface area contributed by atoms with Gasteiger partial charge in [0.25, 0.3) is 5.91 Å². The molecule has 4 N–H and O–H groups in total. The van der Waals surface area contributed by atoms with Gasteiger partial charge < -0.3 is 16.4 Å². The summed E-state index contributed by atoms with van der Waals surface area (Å²) >= 11 is 1.36. The number of hydrogen-bond acceptors (Lipinski definition) is 4. The fourth-order valence-electron chi connectivity index (χ4n) is 3.02. The lowest BCUT2D eigenvalue weighted by Gasteiger charge is -2.28. The van der Waals surface area contributed by atoms with Gasteiger partial charge in [-0.25, -0.2) is 0 Å². The number of thiophene rings is 1. The average molecular weight is 380 g/mol. The van der Waals surface area contributed by atoms with Crippen LogP contribution in [0, 0.1) is 0 Å². The number of nitrogen functional groups attached to an aromatic ring is 1. The van der Waals surface area contributed by atoms with Crippen molar-refractivity contribution in [2.75, 3.05) is 5.73 Å². The quantitative estimate of drug-likeness (QED) is 0.714. The van der Waals surface area contributed by atoms with E-state index in [1.807, 2.05) is 29.6 Å². The molecule has 0 bridgehead atoms. The van der Waals surface area contributed by atoms with E-state index in [9.17, 15) is 9.59 Å². The smallest absolute Gasteiger partial charge is 0.261 e. The van der Waals surface area contributed by atoms with Gasteiger partial charge in [-0.2, -0.15) is 0 Å². The molecule has 1 heterocycles. The summed E-state index contributed by atoms with van der Waals surface area (Å²) in [6.07, 6.45) is 2.89. The monoisotopic (exact) mass is 379 g/mol. The third-order valence-electron chi connectivity index (χ3n) is 4.28. The lowest BCUT2D eigenvalue weighted by atomic mass is 9.87. The Morgan fingerprint density at radius 3 is 2.84 bits per heavy atom. The number of amides is 2. The summed E-state index contributed by atoms with van der Waals surface area (Å²) in [4.78, 5) is 25.1. The highest BCUT2D eigenvalue weighted by molar-refractivity contribution is 7.12. The van der Waals surface area contributed by atoms with E-state index in [1.165, 1.54) is 16.9 Å². The highest BCUT2D eigenvalue weighted by Crippen LogP contribution is 2.31. The highest BCUT2D eigenvalue weighted by atomic mass is 35.5. The van der Waals surface area contributed by atoms with Crippen LogP contribution in [0.4, 0.5) is 5.69 Å². The van der Waals surface area contributed by atoms with Gasteiger partial charge in [0.05, 0.1) is 10.9 Å². The minimum Gasteiger partial charge on any atom is -0.399 e. The maximum atomic E-state index is 12.4. The van der Waals surface area contributed by atoms with Crippen LogP contribution < -0.4 is 16.4 Å². The Morgan fingerprint density at radius 1 is 1.32 bits per heavy atom. The maximum absolute atomic E-state index is 12.4. The molecule has 134 valence electrons. The molecule has 1 aromatic heterocycles. The Bertz CT molecular complexity index is 749. The molecular weight excluding hydrogens is 358 g/mol. The maximum Gasteiger partial charge on any atom is 0.261 e. The molecule has 0 saturated carbocycles. The molecule has 1 aliphatic rings. The number of benzene rings is 1. The molecule has 2 unspecified atom stereocenters. The molecule has 0 saturated heterocycles. The van der Waals surface area contributed by atoms with Gasteiger partial charge in [-0.3, -0.25) is 9.59 Å². The summed E-state index contributed by atoms with van der Waals surface area (Å²) in [5.74, 6) is -0.390. The van der Waals surface area contributed by atoms with Crippen molar-refractivity contribution in [1.82, 2.24) is 10.6 Å². The number of nitrogens with two attached hydrogens (primary N) is 1. The molecule has 2 amide bonds. The fourth-order valence-corrected chi connectivity index (χ4v) is 3.65. The Labute approximate surface area is 157 Å². The van der Waals surface area contributed by atoms with Crippen molar-refractivity contribution in [3.63, 3.8) is 0 Å². The van der Waals surface area contributed by atoms with Gasteiger partial charge in [-0.05, 0) is 60.9 Å². The summed E-state index contributed by atoms with van der Waals surface area (Å²) < 4.78 is 0. The minimum absolute atomic E-state index is 0. The first-order chi connectivity index (χ1) is 11.5. The first-order valence-corrected chi connectivity index (χ1v) is 8.95. The van der Waals surface area contributed by atoms with Crippen molar-refractivity contribution in [3.8, 4) is 0 Å². The Morgan fingerprint density at radius 2 is 2.12 bits per heavy atom. The predicted molar refractivity (Wildman–Crippen MR) is 103 cm³/mol. The van der Waals surface area contributed by atoms with Gasteiger partial charge in [0.1, 0.15) is 6.04 Å². The summed E-state index contributed by atoms with van der Waals surface area (Å²) in [6.45, 7) is 1.70. The summed E-state index contributed by atoms with van der Waals surface area (Å²) in [5.41, 5.74) is 8.91. The van der Waals surface area contributed by atoms with Crippen LogP contribution in [0.3, 0.4) is 0 Å². The van der Waals surface area contributed by atoms with E-state index < -0.39 is 6.04 Å². The molecule has 2 atom stereocenters.